The molecular formula is C19H19ClN4OS. The van der Waals surface area contributed by atoms with Crippen LogP contribution in [0.15, 0.2) is 47.6 Å². The van der Waals surface area contributed by atoms with Gasteiger partial charge in [-0.05, 0) is 61.4 Å². The van der Waals surface area contributed by atoms with Crippen LogP contribution in [0.25, 0.3) is 11.4 Å². The number of benzene rings is 2. The highest BCUT2D eigenvalue weighted by atomic mass is 35.5. The molecule has 2 aromatic carbocycles. The fourth-order valence-corrected chi connectivity index (χ4v) is 3.50. The smallest absolute Gasteiger partial charge is 0.234 e. The van der Waals surface area contributed by atoms with E-state index in [4.69, 9.17) is 11.6 Å². The number of aryl methyl sites for hydroxylation is 2. The average Bonchev–Trinajstić information content (AvgIpc) is 2.93. The minimum Gasteiger partial charge on any atom is -0.325 e. The quantitative estimate of drug-likeness (QED) is 0.656. The summed E-state index contributed by atoms with van der Waals surface area (Å²) in [6.07, 6.45) is 0. The molecule has 134 valence electrons. The fraction of sp³-hybridized carbons (Fsp3) is 0.211. The summed E-state index contributed by atoms with van der Waals surface area (Å²) in [5.74, 6) is 0.925. The van der Waals surface area contributed by atoms with Crippen molar-refractivity contribution in [2.75, 3.05) is 11.1 Å². The van der Waals surface area contributed by atoms with Crippen LogP contribution in [0.1, 0.15) is 11.1 Å². The fourth-order valence-electron chi connectivity index (χ4n) is 2.66. The second kappa shape index (κ2) is 7.93. The van der Waals surface area contributed by atoms with E-state index in [0.29, 0.717) is 10.2 Å². The molecule has 0 aliphatic rings. The second-order valence-corrected chi connectivity index (χ2v) is 7.46. The maximum atomic E-state index is 12.2. The van der Waals surface area contributed by atoms with E-state index >= 15 is 0 Å². The normalized spacial score (nSPS) is 10.8. The Bertz CT molecular complexity index is 917. The third-order valence-corrected chi connectivity index (χ3v) is 5.05. The van der Waals surface area contributed by atoms with Gasteiger partial charge >= 0.3 is 0 Å². The van der Waals surface area contributed by atoms with Gasteiger partial charge in [-0.1, -0.05) is 29.4 Å². The SMILES string of the molecule is Cc1cc(C)cc(NC(=O)CSc2nnc(-c3ccc(Cl)cc3)n2C)c1. The second-order valence-electron chi connectivity index (χ2n) is 6.09. The third kappa shape index (κ3) is 4.45. The van der Waals surface area contributed by atoms with Crippen molar-refractivity contribution in [3.63, 3.8) is 0 Å². The minimum absolute atomic E-state index is 0.0731. The van der Waals surface area contributed by atoms with Gasteiger partial charge in [0.15, 0.2) is 11.0 Å². The zero-order valence-corrected chi connectivity index (χ0v) is 16.4. The van der Waals surface area contributed by atoms with E-state index in [1.54, 1.807) is 0 Å². The van der Waals surface area contributed by atoms with Gasteiger partial charge in [-0.25, -0.2) is 0 Å². The van der Waals surface area contributed by atoms with Crippen molar-refractivity contribution in [2.24, 2.45) is 7.05 Å². The zero-order valence-electron chi connectivity index (χ0n) is 14.8. The molecule has 1 aromatic heterocycles. The molecule has 3 aromatic rings. The van der Waals surface area contributed by atoms with Gasteiger partial charge < -0.3 is 9.88 Å². The van der Waals surface area contributed by atoms with Crippen LogP contribution in [0, 0.1) is 13.8 Å². The van der Waals surface area contributed by atoms with Gasteiger partial charge in [0.05, 0.1) is 5.75 Å². The van der Waals surface area contributed by atoms with Gasteiger partial charge in [-0.3, -0.25) is 4.79 Å². The summed E-state index contributed by atoms with van der Waals surface area (Å²) >= 11 is 7.28. The Morgan fingerprint density at radius 1 is 1.12 bits per heavy atom. The third-order valence-electron chi connectivity index (χ3n) is 3.78. The van der Waals surface area contributed by atoms with Gasteiger partial charge in [0.1, 0.15) is 0 Å². The lowest BCUT2D eigenvalue weighted by atomic mass is 10.1. The number of hydrogen-bond acceptors (Lipinski definition) is 4. The van der Waals surface area contributed by atoms with E-state index in [9.17, 15) is 4.79 Å². The monoisotopic (exact) mass is 386 g/mol. The number of rotatable bonds is 5. The molecule has 1 amide bonds. The molecule has 0 radical (unpaired) electrons. The number of aromatic nitrogens is 3. The summed E-state index contributed by atoms with van der Waals surface area (Å²) in [4.78, 5) is 12.2. The molecule has 0 saturated heterocycles. The van der Waals surface area contributed by atoms with Crippen LogP contribution in [0.3, 0.4) is 0 Å². The molecule has 1 heterocycles. The molecule has 1 N–H and O–H groups in total. The highest BCUT2D eigenvalue weighted by Crippen LogP contribution is 2.24. The predicted molar refractivity (Wildman–Crippen MR) is 107 cm³/mol. The maximum absolute atomic E-state index is 12.2. The number of carbonyl (C=O) groups is 1. The summed E-state index contributed by atoms with van der Waals surface area (Å²) in [6.45, 7) is 4.02. The van der Waals surface area contributed by atoms with Crippen LogP contribution < -0.4 is 5.32 Å². The molecule has 3 rings (SSSR count). The number of thioether (sulfide) groups is 1. The molecule has 26 heavy (non-hydrogen) atoms. The molecule has 0 aliphatic carbocycles. The van der Waals surface area contributed by atoms with Gasteiger partial charge in [0.2, 0.25) is 5.91 Å². The van der Waals surface area contributed by atoms with Crippen molar-refractivity contribution in [3.05, 3.63) is 58.6 Å². The van der Waals surface area contributed by atoms with Crippen molar-refractivity contribution < 1.29 is 4.79 Å². The van der Waals surface area contributed by atoms with Crippen LogP contribution in [0.5, 0.6) is 0 Å². The summed E-state index contributed by atoms with van der Waals surface area (Å²) in [7, 11) is 1.88. The Morgan fingerprint density at radius 2 is 1.77 bits per heavy atom. The van der Waals surface area contributed by atoms with Crippen LogP contribution in [0.4, 0.5) is 5.69 Å². The number of amides is 1. The molecule has 0 bridgehead atoms. The van der Waals surface area contributed by atoms with Gasteiger partial charge in [0.25, 0.3) is 0 Å². The van der Waals surface area contributed by atoms with E-state index in [2.05, 4.69) is 21.6 Å². The lowest BCUT2D eigenvalue weighted by Gasteiger charge is -2.07. The van der Waals surface area contributed by atoms with Gasteiger partial charge in [0, 0.05) is 23.3 Å². The summed E-state index contributed by atoms with van der Waals surface area (Å²) in [5, 5.41) is 12.7. The van der Waals surface area contributed by atoms with E-state index < -0.39 is 0 Å². The van der Waals surface area contributed by atoms with Crippen LogP contribution in [-0.2, 0) is 11.8 Å². The molecule has 0 atom stereocenters. The van der Waals surface area contributed by atoms with Crippen LogP contribution in [-0.4, -0.2) is 26.4 Å². The van der Waals surface area contributed by atoms with E-state index in [1.165, 1.54) is 11.8 Å². The maximum Gasteiger partial charge on any atom is 0.234 e. The molecular weight excluding hydrogens is 368 g/mol. The van der Waals surface area contributed by atoms with Crippen LogP contribution >= 0.6 is 23.4 Å². The zero-order chi connectivity index (χ0) is 18.7. The molecule has 0 saturated carbocycles. The molecule has 7 heteroatoms. The first-order valence-electron chi connectivity index (χ1n) is 8.08. The first-order valence-corrected chi connectivity index (χ1v) is 9.45. The lowest BCUT2D eigenvalue weighted by Crippen LogP contribution is -2.14. The Labute approximate surface area is 161 Å². The largest absolute Gasteiger partial charge is 0.325 e. The number of hydrogen-bond donors (Lipinski definition) is 1. The molecule has 0 aliphatic heterocycles. The Kier molecular flexibility index (Phi) is 5.64. The molecule has 0 unspecified atom stereocenters. The number of nitrogens with one attached hydrogen (secondary N) is 1. The molecule has 5 nitrogen and oxygen atoms in total. The van der Waals surface area contributed by atoms with Crippen molar-refractivity contribution in [1.29, 1.82) is 0 Å². The van der Waals surface area contributed by atoms with Crippen molar-refractivity contribution in [1.82, 2.24) is 14.8 Å². The van der Waals surface area contributed by atoms with E-state index in [-0.39, 0.29) is 11.7 Å². The Balaban J connectivity index is 1.64. The van der Waals surface area contributed by atoms with Gasteiger partial charge in [-0.15, -0.1) is 10.2 Å². The van der Waals surface area contributed by atoms with E-state index in [1.807, 2.05) is 61.9 Å². The molecule has 0 fully saturated rings. The summed E-state index contributed by atoms with van der Waals surface area (Å²) in [5.41, 5.74) is 3.98. The van der Waals surface area contributed by atoms with E-state index in [0.717, 1.165) is 28.2 Å². The predicted octanol–water partition coefficient (Wildman–Crippen LogP) is 4.48. The minimum atomic E-state index is -0.0731. The summed E-state index contributed by atoms with van der Waals surface area (Å²) in [6, 6.07) is 13.4. The molecule has 0 spiro atoms. The Morgan fingerprint density at radius 3 is 2.42 bits per heavy atom. The standard InChI is InChI=1S/C19H19ClN4OS/c1-12-8-13(2)10-16(9-12)21-17(25)11-26-19-23-22-18(24(19)3)14-4-6-15(20)7-5-14/h4-10H,11H2,1-3H3,(H,21,25). The number of anilines is 1. The van der Waals surface area contributed by atoms with Gasteiger partial charge in [-0.2, -0.15) is 0 Å². The number of nitrogens with zero attached hydrogens (tertiary/aromatic N) is 3. The van der Waals surface area contributed by atoms with Crippen LogP contribution in [0.2, 0.25) is 5.02 Å². The first kappa shape index (κ1) is 18.5. The Hall–Kier alpha value is -2.31. The summed E-state index contributed by atoms with van der Waals surface area (Å²) < 4.78 is 1.87. The average molecular weight is 387 g/mol. The topological polar surface area (TPSA) is 59.8 Å². The van der Waals surface area contributed by atoms with Crippen molar-refractivity contribution in [3.8, 4) is 11.4 Å². The number of halogens is 1. The highest BCUT2D eigenvalue weighted by Gasteiger charge is 2.13. The highest BCUT2D eigenvalue weighted by molar-refractivity contribution is 7.99. The van der Waals surface area contributed by atoms with Crippen molar-refractivity contribution in [2.45, 2.75) is 19.0 Å². The number of carbonyl (C=O) groups excluding carboxylic acids is 1. The first-order chi connectivity index (χ1) is 12.4. The lowest BCUT2D eigenvalue weighted by molar-refractivity contribution is -0.113. The van der Waals surface area contributed by atoms with Crippen molar-refractivity contribution >= 4 is 35.0 Å².